The van der Waals surface area contributed by atoms with Crippen LogP contribution in [0.25, 0.3) is 0 Å². The number of nitrogens with two attached hydrogens (primary N) is 1. The van der Waals surface area contributed by atoms with Gasteiger partial charge in [-0.25, -0.2) is 9.37 Å². The Bertz CT molecular complexity index is 945. The van der Waals surface area contributed by atoms with Crippen LogP contribution in [0.2, 0.25) is 5.02 Å². The van der Waals surface area contributed by atoms with Crippen LogP contribution in [0.15, 0.2) is 42.5 Å². The number of rotatable bonds is 5. The van der Waals surface area contributed by atoms with Gasteiger partial charge >= 0.3 is 0 Å². The third kappa shape index (κ3) is 3.57. The molecule has 128 valence electrons. The van der Waals surface area contributed by atoms with E-state index in [1.54, 1.807) is 24.3 Å². The Hall–Kier alpha value is -2.64. The van der Waals surface area contributed by atoms with E-state index in [1.807, 2.05) is 0 Å². The molecule has 0 bridgehead atoms. The predicted octanol–water partition coefficient (Wildman–Crippen LogP) is 4.50. The lowest BCUT2D eigenvalue weighted by Gasteiger charge is -2.09. The van der Waals surface area contributed by atoms with Crippen molar-refractivity contribution in [3.8, 4) is 5.75 Å². The first-order valence-corrected chi connectivity index (χ1v) is 8.35. The van der Waals surface area contributed by atoms with Crippen molar-refractivity contribution in [2.45, 2.75) is 0 Å². The summed E-state index contributed by atoms with van der Waals surface area (Å²) in [5.74, 6) is -0.535. The summed E-state index contributed by atoms with van der Waals surface area (Å²) in [5.41, 5.74) is 6.37. The number of nitrogens with zero attached hydrogens (tertiary/aromatic N) is 1. The zero-order valence-corrected chi connectivity index (χ0v) is 14.6. The van der Waals surface area contributed by atoms with Crippen LogP contribution in [0, 0.1) is 5.82 Å². The van der Waals surface area contributed by atoms with E-state index in [2.05, 4.69) is 10.3 Å². The van der Waals surface area contributed by atoms with Gasteiger partial charge in [-0.3, -0.25) is 4.79 Å². The SMILES string of the molecule is COc1ccc(Cl)cc1Nc1nc(N)c(C(=O)c2ccccc2F)s1. The van der Waals surface area contributed by atoms with Crippen LogP contribution in [-0.4, -0.2) is 17.9 Å². The summed E-state index contributed by atoms with van der Waals surface area (Å²) < 4.78 is 19.1. The molecular formula is C17H13ClFN3O2S. The quantitative estimate of drug-likeness (QED) is 0.640. The summed E-state index contributed by atoms with van der Waals surface area (Å²) in [6.45, 7) is 0. The fraction of sp³-hybridized carbons (Fsp3) is 0.0588. The van der Waals surface area contributed by atoms with Crippen molar-refractivity contribution in [1.29, 1.82) is 0 Å². The molecule has 0 amide bonds. The second kappa shape index (κ2) is 7.08. The van der Waals surface area contributed by atoms with Gasteiger partial charge in [-0.2, -0.15) is 0 Å². The summed E-state index contributed by atoms with van der Waals surface area (Å²) in [6, 6.07) is 10.8. The van der Waals surface area contributed by atoms with Gasteiger partial charge in [-0.1, -0.05) is 35.1 Å². The number of benzene rings is 2. The van der Waals surface area contributed by atoms with Gasteiger partial charge in [0.15, 0.2) is 5.13 Å². The Morgan fingerprint density at radius 1 is 1.32 bits per heavy atom. The van der Waals surface area contributed by atoms with Crippen LogP contribution in [0.4, 0.5) is 21.0 Å². The monoisotopic (exact) mass is 377 g/mol. The van der Waals surface area contributed by atoms with Crippen molar-refractivity contribution in [2.75, 3.05) is 18.2 Å². The number of halogens is 2. The van der Waals surface area contributed by atoms with E-state index in [4.69, 9.17) is 22.1 Å². The first-order valence-electron chi connectivity index (χ1n) is 7.15. The molecule has 5 nitrogen and oxygen atoms in total. The van der Waals surface area contributed by atoms with Gasteiger partial charge < -0.3 is 15.8 Å². The molecule has 8 heteroatoms. The number of hydrogen-bond acceptors (Lipinski definition) is 6. The summed E-state index contributed by atoms with van der Waals surface area (Å²) in [5, 5.41) is 3.90. The van der Waals surface area contributed by atoms with Gasteiger partial charge in [0.2, 0.25) is 5.78 Å². The van der Waals surface area contributed by atoms with E-state index in [-0.39, 0.29) is 16.3 Å². The van der Waals surface area contributed by atoms with Crippen molar-refractivity contribution in [3.63, 3.8) is 0 Å². The van der Waals surface area contributed by atoms with E-state index in [0.717, 1.165) is 11.3 Å². The summed E-state index contributed by atoms with van der Waals surface area (Å²) in [6.07, 6.45) is 0. The van der Waals surface area contributed by atoms with Crippen LogP contribution >= 0.6 is 22.9 Å². The molecule has 0 aliphatic rings. The molecule has 1 aromatic heterocycles. The summed E-state index contributed by atoms with van der Waals surface area (Å²) in [4.78, 5) is 16.8. The molecule has 0 fully saturated rings. The largest absolute Gasteiger partial charge is 0.495 e. The number of hydrogen-bond donors (Lipinski definition) is 2. The molecule has 3 aromatic rings. The Labute approximate surface area is 152 Å². The maximum Gasteiger partial charge on any atom is 0.209 e. The van der Waals surface area contributed by atoms with Crippen LogP contribution < -0.4 is 15.8 Å². The molecule has 3 rings (SSSR count). The molecule has 0 unspecified atom stereocenters. The van der Waals surface area contributed by atoms with E-state index in [9.17, 15) is 9.18 Å². The fourth-order valence-corrected chi connectivity index (χ4v) is 3.23. The van der Waals surface area contributed by atoms with Gasteiger partial charge in [-0.15, -0.1) is 0 Å². The lowest BCUT2D eigenvalue weighted by atomic mass is 10.1. The summed E-state index contributed by atoms with van der Waals surface area (Å²) >= 11 is 7.02. The highest BCUT2D eigenvalue weighted by molar-refractivity contribution is 7.18. The number of aromatic nitrogens is 1. The molecular weight excluding hydrogens is 365 g/mol. The lowest BCUT2D eigenvalue weighted by Crippen LogP contribution is -2.04. The number of nitrogen functional groups attached to an aromatic ring is 1. The third-order valence-corrected chi connectivity index (χ3v) is 4.60. The van der Waals surface area contributed by atoms with Gasteiger partial charge in [0, 0.05) is 5.02 Å². The molecule has 0 atom stereocenters. The number of methoxy groups -OCH3 is 1. The average Bonchev–Trinajstić information content (AvgIpc) is 2.95. The Morgan fingerprint density at radius 3 is 2.80 bits per heavy atom. The number of ketones is 1. The van der Waals surface area contributed by atoms with Gasteiger partial charge in [0.25, 0.3) is 0 Å². The normalized spacial score (nSPS) is 10.5. The highest BCUT2D eigenvalue weighted by Crippen LogP contribution is 2.34. The first-order chi connectivity index (χ1) is 12.0. The second-order valence-electron chi connectivity index (χ2n) is 5.01. The number of carbonyl (C=O) groups excluding carboxylic acids is 1. The van der Waals surface area contributed by atoms with Crippen LogP contribution in [-0.2, 0) is 0 Å². The second-order valence-corrected chi connectivity index (χ2v) is 6.45. The highest BCUT2D eigenvalue weighted by atomic mass is 35.5. The Balaban J connectivity index is 1.92. The molecule has 0 aliphatic heterocycles. The minimum atomic E-state index is -0.605. The molecule has 3 N–H and O–H groups in total. The van der Waals surface area contributed by atoms with E-state index >= 15 is 0 Å². The maximum atomic E-state index is 13.8. The Kier molecular flexibility index (Phi) is 4.87. The number of anilines is 3. The van der Waals surface area contributed by atoms with Gasteiger partial charge in [0.1, 0.15) is 22.3 Å². The van der Waals surface area contributed by atoms with Crippen LogP contribution in [0.3, 0.4) is 0 Å². The predicted molar refractivity (Wildman–Crippen MR) is 97.6 cm³/mol. The number of carbonyl (C=O) groups is 1. The highest BCUT2D eigenvalue weighted by Gasteiger charge is 2.21. The number of thiazole rings is 1. The standard InChI is InChI=1S/C17H13ClFN3O2S/c1-24-13-7-6-9(18)8-12(13)21-17-22-16(20)15(25-17)14(23)10-4-2-3-5-11(10)19/h2-8H,20H2,1H3,(H,21,22). The molecule has 1 heterocycles. The fourth-order valence-electron chi connectivity index (χ4n) is 2.21. The zero-order valence-electron chi connectivity index (χ0n) is 13.0. The molecule has 0 saturated carbocycles. The third-order valence-electron chi connectivity index (χ3n) is 3.38. The molecule has 0 aliphatic carbocycles. The van der Waals surface area contributed by atoms with Crippen molar-refractivity contribution >= 4 is 45.4 Å². The molecule has 25 heavy (non-hydrogen) atoms. The number of nitrogens with one attached hydrogen (secondary N) is 1. The van der Waals surface area contributed by atoms with E-state index < -0.39 is 11.6 Å². The lowest BCUT2D eigenvalue weighted by molar-refractivity contribution is 0.103. The maximum absolute atomic E-state index is 13.8. The molecule has 0 radical (unpaired) electrons. The van der Waals surface area contributed by atoms with E-state index in [1.165, 1.54) is 25.3 Å². The number of ether oxygens (including phenoxy) is 1. The van der Waals surface area contributed by atoms with Crippen molar-refractivity contribution in [1.82, 2.24) is 4.98 Å². The molecule has 2 aromatic carbocycles. The van der Waals surface area contributed by atoms with Crippen molar-refractivity contribution in [2.24, 2.45) is 0 Å². The zero-order chi connectivity index (χ0) is 18.0. The van der Waals surface area contributed by atoms with Gasteiger partial charge in [-0.05, 0) is 30.3 Å². The minimum absolute atomic E-state index is 0.0294. The average molecular weight is 378 g/mol. The Morgan fingerprint density at radius 2 is 2.08 bits per heavy atom. The first kappa shape index (κ1) is 17.2. The van der Waals surface area contributed by atoms with Crippen molar-refractivity contribution < 1.29 is 13.9 Å². The van der Waals surface area contributed by atoms with Crippen LogP contribution in [0.1, 0.15) is 15.2 Å². The topological polar surface area (TPSA) is 77.2 Å². The van der Waals surface area contributed by atoms with Gasteiger partial charge in [0.05, 0.1) is 18.4 Å². The summed E-state index contributed by atoms with van der Waals surface area (Å²) in [7, 11) is 1.53. The van der Waals surface area contributed by atoms with E-state index in [0.29, 0.717) is 21.6 Å². The van der Waals surface area contributed by atoms with Crippen molar-refractivity contribution in [3.05, 3.63) is 63.7 Å². The smallest absolute Gasteiger partial charge is 0.209 e. The molecule has 0 spiro atoms. The van der Waals surface area contributed by atoms with Crippen LogP contribution in [0.5, 0.6) is 5.75 Å². The molecule has 0 saturated heterocycles. The minimum Gasteiger partial charge on any atom is -0.495 e.